The highest BCUT2D eigenvalue weighted by Crippen LogP contribution is 2.56. The van der Waals surface area contributed by atoms with Crippen molar-refractivity contribution in [1.29, 1.82) is 0 Å². The van der Waals surface area contributed by atoms with E-state index in [0.29, 0.717) is 16.0 Å². The lowest BCUT2D eigenvalue weighted by atomic mass is 9.53. The second kappa shape index (κ2) is 6.41. The minimum atomic E-state index is -0.176. The fourth-order valence-electron chi connectivity index (χ4n) is 4.18. The number of aromatic hydroxyl groups is 2. The molecule has 2 aromatic rings. The van der Waals surface area contributed by atoms with Gasteiger partial charge in [0.2, 0.25) is 0 Å². The van der Waals surface area contributed by atoms with E-state index in [4.69, 9.17) is 23.2 Å². The Bertz CT molecular complexity index is 733. The van der Waals surface area contributed by atoms with Crippen LogP contribution in [-0.4, -0.2) is 10.2 Å². The molecular formula is C21H24Cl2O2. The molecule has 0 aliphatic heterocycles. The molecule has 0 radical (unpaired) electrons. The summed E-state index contributed by atoms with van der Waals surface area (Å²) in [4.78, 5) is 0. The lowest BCUT2D eigenvalue weighted by Gasteiger charge is -2.50. The van der Waals surface area contributed by atoms with Crippen LogP contribution in [0.4, 0.5) is 0 Å². The van der Waals surface area contributed by atoms with Crippen molar-refractivity contribution in [3.8, 4) is 11.5 Å². The summed E-state index contributed by atoms with van der Waals surface area (Å²) in [5.41, 5.74) is 2.28. The van der Waals surface area contributed by atoms with Crippen molar-refractivity contribution in [3.05, 3.63) is 57.6 Å². The SMILES string of the molecule is CC(C)(C)CC1CC(c2ccc(O)c(Cl)c2)(c2ccc(O)c(Cl)c2)C1. The van der Waals surface area contributed by atoms with E-state index in [2.05, 4.69) is 20.8 Å². The first-order valence-corrected chi connectivity index (χ1v) is 9.34. The van der Waals surface area contributed by atoms with Crippen molar-refractivity contribution >= 4 is 23.2 Å². The molecule has 0 saturated heterocycles. The molecule has 0 bridgehead atoms. The Hall–Kier alpha value is -1.38. The van der Waals surface area contributed by atoms with E-state index in [0.717, 1.165) is 30.4 Å². The van der Waals surface area contributed by atoms with Gasteiger partial charge in [-0.05, 0) is 66.0 Å². The summed E-state index contributed by atoms with van der Waals surface area (Å²) >= 11 is 12.3. The summed E-state index contributed by atoms with van der Waals surface area (Å²) in [5.74, 6) is 0.810. The summed E-state index contributed by atoms with van der Waals surface area (Å²) in [5, 5.41) is 20.3. The van der Waals surface area contributed by atoms with Crippen LogP contribution in [0.5, 0.6) is 11.5 Å². The van der Waals surface area contributed by atoms with Gasteiger partial charge in [-0.1, -0.05) is 56.1 Å². The molecule has 4 heteroatoms. The van der Waals surface area contributed by atoms with Crippen molar-refractivity contribution in [2.24, 2.45) is 11.3 Å². The number of benzene rings is 2. The van der Waals surface area contributed by atoms with E-state index in [1.54, 1.807) is 12.1 Å². The molecule has 25 heavy (non-hydrogen) atoms. The number of phenolic OH excluding ortho intramolecular Hbond substituents is 2. The van der Waals surface area contributed by atoms with Crippen LogP contribution >= 0.6 is 23.2 Å². The first kappa shape index (κ1) is 18.4. The molecular weight excluding hydrogens is 355 g/mol. The van der Waals surface area contributed by atoms with Gasteiger partial charge in [-0.15, -0.1) is 0 Å². The third kappa shape index (κ3) is 3.61. The lowest BCUT2D eigenvalue weighted by molar-refractivity contribution is 0.127. The average Bonchev–Trinajstić information content (AvgIpc) is 2.47. The summed E-state index contributed by atoms with van der Waals surface area (Å²) in [6, 6.07) is 10.9. The summed E-state index contributed by atoms with van der Waals surface area (Å²) in [7, 11) is 0. The van der Waals surface area contributed by atoms with Gasteiger partial charge < -0.3 is 10.2 Å². The zero-order chi connectivity index (χ0) is 18.4. The summed E-state index contributed by atoms with van der Waals surface area (Å²) in [6.07, 6.45) is 3.17. The van der Waals surface area contributed by atoms with Crippen LogP contribution in [0.15, 0.2) is 36.4 Å². The fourth-order valence-corrected chi connectivity index (χ4v) is 4.54. The zero-order valence-corrected chi connectivity index (χ0v) is 16.3. The van der Waals surface area contributed by atoms with Crippen LogP contribution in [0.2, 0.25) is 10.0 Å². The summed E-state index contributed by atoms with van der Waals surface area (Å²) < 4.78 is 0. The maximum Gasteiger partial charge on any atom is 0.134 e. The third-order valence-electron chi connectivity index (χ3n) is 5.18. The standard InChI is InChI=1S/C21H24Cl2O2/c1-20(2,3)10-13-11-21(12-13,14-4-6-18(24)16(22)8-14)15-5-7-19(25)17(23)9-15/h4-9,13,24-25H,10-12H2,1-3H3. The molecule has 1 saturated carbocycles. The van der Waals surface area contributed by atoms with E-state index < -0.39 is 0 Å². The highest BCUT2D eigenvalue weighted by atomic mass is 35.5. The van der Waals surface area contributed by atoms with Crippen LogP contribution in [0, 0.1) is 11.3 Å². The molecule has 0 unspecified atom stereocenters. The molecule has 0 amide bonds. The highest BCUT2D eigenvalue weighted by Gasteiger charge is 2.47. The molecule has 2 N–H and O–H groups in total. The lowest BCUT2D eigenvalue weighted by Crippen LogP contribution is -2.43. The topological polar surface area (TPSA) is 40.5 Å². The molecule has 0 heterocycles. The zero-order valence-electron chi connectivity index (χ0n) is 14.8. The third-order valence-corrected chi connectivity index (χ3v) is 5.78. The van der Waals surface area contributed by atoms with E-state index in [-0.39, 0.29) is 22.3 Å². The maximum absolute atomic E-state index is 9.77. The average molecular weight is 379 g/mol. The van der Waals surface area contributed by atoms with Gasteiger partial charge in [0.15, 0.2) is 0 Å². The Morgan fingerprint density at radius 3 is 1.72 bits per heavy atom. The summed E-state index contributed by atoms with van der Waals surface area (Å²) in [6.45, 7) is 6.80. The van der Waals surface area contributed by atoms with Gasteiger partial charge in [0.05, 0.1) is 10.0 Å². The normalized spacial score (nSPS) is 17.3. The second-order valence-corrected chi connectivity index (χ2v) is 9.27. The molecule has 0 aromatic heterocycles. The molecule has 2 nitrogen and oxygen atoms in total. The molecule has 1 aliphatic rings. The van der Waals surface area contributed by atoms with Crippen molar-refractivity contribution in [1.82, 2.24) is 0 Å². The van der Waals surface area contributed by atoms with Crippen molar-refractivity contribution in [2.75, 3.05) is 0 Å². The quantitative estimate of drug-likeness (QED) is 0.636. The number of phenols is 2. The monoisotopic (exact) mass is 378 g/mol. The molecule has 134 valence electrons. The Morgan fingerprint density at radius 2 is 1.36 bits per heavy atom. The molecule has 1 aliphatic carbocycles. The number of hydrogen-bond acceptors (Lipinski definition) is 2. The molecule has 0 spiro atoms. The van der Waals surface area contributed by atoms with Gasteiger partial charge in [-0.25, -0.2) is 0 Å². The molecule has 1 fully saturated rings. The van der Waals surface area contributed by atoms with Gasteiger partial charge in [-0.2, -0.15) is 0 Å². The predicted octanol–water partition coefficient (Wildman–Crippen LogP) is 6.54. The van der Waals surface area contributed by atoms with E-state index >= 15 is 0 Å². The predicted molar refractivity (Wildman–Crippen MR) is 104 cm³/mol. The van der Waals surface area contributed by atoms with Gasteiger partial charge in [0.1, 0.15) is 11.5 Å². The van der Waals surface area contributed by atoms with Gasteiger partial charge in [-0.3, -0.25) is 0 Å². The number of rotatable bonds is 3. The van der Waals surface area contributed by atoms with Crippen LogP contribution in [0.1, 0.15) is 51.2 Å². The molecule has 3 rings (SSSR count). The first-order chi connectivity index (χ1) is 11.6. The van der Waals surface area contributed by atoms with Crippen LogP contribution in [-0.2, 0) is 5.41 Å². The van der Waals surface area contributed by atoms with E-state index in [1.165, 1.54) is 0 Å². The van der Waals surface area contributed by atoms with Gasteiger partial charge >= 0.3 is 0 Å². The van der Waals surface area contributed by atoms with E-state index in [1.807, 2.05) is 24.3 Å². The molecule has 0 atom stereocenters. The van der Waals surface area contributed by atoms with E-state index in [9.17, 15) is 10.2 Å². The Balaban J connectivity index is 2.01. The number of halogens is 2. The van der Waals surface area contributed by atoms with Crippen LogP contribution in [0.3, 0.4) is 0 Å². The van der Waals surface area contributed by atoms with Crippen molar-refractivity contribution < 1.29 is 10.2 Å². The fraction of sp³-hybridized carbons (Fsp3) is 0.429. The smallest absolute Gasteiger partial charge is 0.134 e. The largest absolute Gasteiger partial charge is 0.506 e. The first-order valence-electron chi connectivity index (χ1n) is 8.59. The van der Waals surface area contributed by atoms with Crippen LogP contribution < -0.4 is 0 Å². The van der Waals surface area contributed by atoms with Gasteiger partial charge in [0, 0.05) is 5.41 Å². The van der Waals surface area contributed by atoms with Crippen molar-refractivity contribution in [2.45, 2.75) is 45.4 Å². The van der Waals surface area contributed by atoms with Crippen LogP contribution in [0.25, 0.3) is 0 Å². The van der Waals surface area contributed by atoms with Crippen molar-refractivity contribution in [3.63, 3.8) is 0 Å². The van der Waals surface area contributed by atoms with Gasteiger partial charge in [0.25, 0.3) is 0 Å². The molecule has 2 aromatic carbocycles. The minimum absolute atomic E-state index is 0.0925. The Labute approximate surface area is 159 Å². The Morgan fingerprint density at radius 1 is 0.920 bits per heavy atom. The minimum Gasteiger partial charge on any atom is -0.506 e. The number of hydrogen-bond donors (Lipinski definition) is 2. The maximum atomic E-state index is 9.77. The Kier molecular flexibility index (Phi) is 4.72. The highest BCUT2D eigenvalue weighted by molar-refractivity contribution is 6.32. The second-order valence-electron chi connectivity index (χ2n) is 8.45.